The van der Waals surface area contributed by atoms with Crippen molar-refractivity contribution in [3.05, 3.63) is 34.9 Å². The zero-order valence-corrected chi connectivity index (χ0v) is 11.6. The second-order valence-corrected chi connectivity index (χ2v) is 5.29. The van der Waals surface area contributed by atoms with Gasteiger partial charge in [0.05, 0.1) is 25.9 Å². The predicted octanol–water partition coefficient (Wildman–Crippen LogP) is 1.60. The van der Waals surface area contributed by atoms with E-state index in [1.54, 1.807) is 24.3 Å². The third kappa shape index (κ3) is 3.76. The van der Waals surface area contributed by atoms with Crippen molar-refractivity contribution < 1.29 is 14.6 Å². The summed E-state index contributed by atoms with van der Waals surface area (Å²) >= 11 is 5.89. The first-order valence-corrected chi connectivity index (χ1v) is 6.73. The molecule has 5 heteroatoms. The van der Waals surface area contributed by atoms with Gasteiger partial charge in [-0.1, -0.05) is 23.7 Å². The summed E-state index contributed by atoms with van der Waals surface area (Å²) in [4.78, 5) is 14.2. The van der Waals surface area contributed by atoms with E-state index < -0.39 is 0 Å². The SMILES string of the molecule is CC1COC(CO)CN1CC(=O)c1cccc(Cl)c1. The fourth-order valence-electron chi connectivity index (χ4n) is 2.14. The average Bonchev–Trinajstić information content (AvgIpc) is 2.41. The van der Waals surface area contributed by atoms with Crippen molar-refractivity contribution in [3.8, 4) is 0 Å². The second kappa shape index (κ2) is 6.48. The van der Waals surface area contributed by atoms with Crippen molar-refractivity contribution in [3.63, 3.8) is 0 Å². The number of hydrogen-bond acceptors (Lipinski definition) is 4. The summed E-state index contributed by atoms with van der Waals surface area (Å²) in [5.41, 5.74) is 0.617. The second-order valence-electron chi connectivity index (χ2n) is 4.85. The molecule has 1 N–H and O–H groups in total. The van der Waals surface area contributed by atoms with Gasteiger partial charge in [0.2, 0.25) is 0 Å². The third-order valence-electron chi connectivity index (χ3n) is 3.33. The number of hydrogen-bond donors (Lipinski definition) is 1. The number of aliphatic hydroxyl groups is 1. The molecule has 1 heterocycles. The van der Waals surface area contributed by atoms with E-state index in [0.717, 1.165) is 0 Å². The number of Topliss-reactive ketones (excluding diaryl/α,β-unsaturated/α-hetero) is 1. The van der Waals surface area contributed by atoms with E-state index >= 15 is 0 Å². The third-order valence-corrected chi connectivity index (χ3v) is 3.57. The monoisotopic (exact) mass is 283 g/mol. The predicted molar refractivity (Wildman–Crippen MR) is 73.6 cm³/mol. The first kappa shape index (κ1) is 14.5. The van der Waals surface area contributed by atoms with Crippen molar-refractivity contribution in [1.82, 2.24) is 4.90 Å². The van der Waals surface area contributed by atoms with Gasteiger partial charge >= 0.3 is 0 Å². The van der Waals surface area contributed by atoms with Gasteiger partial charge in [-0.15, -0.1) is 0 Å². The molecule has 2 rings (SSSR count). The Morgan fingerprint density at radius 2 is 2.37 bits per heavy atom. The molecule has 1 aromatic carbocycles. The summed E-state index contributed by atoms with van der Waals surface area (Å²) < 4.78 is 5.45. The summed E-state index contributed by atoms with van der Waals surface area (Å²) in [5, 5.41) is 9.69. The van der Waals surface area contributed by atoms with Crippen LogP contribution in [0, 0.1) is 0 Å². The first-order chi connectivity index (χ1) is 9.10. The number of nitrogens with zero attached hydrogens (tertiary/aromatic N) is 1. The van der Waals surface area contributed by atoms with Crippen LogP contribution in [-0.2, 0) is 4.74 Å². The van der Waals surface area contributed by atoms with Crippen molar-refractivity contribution in [2.45, 2.75) is 19.1 Å². The highest BCUT2D eigenvalue weighted by molar-refractivity contribution is 6.31. The van der Waals surface area contributed by atoms with Gasteiger partial charge in [-0.05, 0) is 19.1 Å². The van der Waals surface area contributed by atoms with Gasteiger partial charge in [0.1, 0.15) is 0 Å². The van der Waals surface area contributed by atoms with Crippen molar-refractivity contribution in [2.24, 2.45) is 0 Å². The molecular formula is C14H18ClNO3. The summed E-state index contributed by atoms with van der Waals surface area (Å²) in [6, 6.07) is 7.14. The van der Waals surface area contributed by atoms with Crippen LogP contribution < -0.4 is 0 Å². The zero-order chi connectivity index (χ0) is 13.8. The number of ketones is 1. The minimum atomic E-state index is -0.205. The van der Waals surface area contributed by atoms with Gasteiger partial charge in [-0.3, -0.25) is 9.69 Å². The van der Waals surface area contributed by atoms with Gasteiger partial charge < -0.3 is 9.84 Å². The van der Waals surface area contributed by atoms with E-state index in [1.165, 1.54) is 0 Å². The Kier molecular flexibility index (Phi) is 4.93. The number of halogens is 1. The number of aliphatic hydroxyl groups excluding tert-OH is 1. The minimum absolute atomic E-state index is 0.0193. The van der Waals surface area contributed by atoms with Crippen LogP contribution in [0.1, 0.15) is 17.3 Å². The molecule has 1 aliphatic rings. The number of ether oxygens (including phenoxy) is 1. The van der Waals surface area contributed by atoms with Crippen LogP contribution in [-0.4, -0.2) is 54.2 Å². The summed E-state index contributed by atoms with van der Waals surface area (Å²) in [6.45, 7) is 3.42. The summed E-state index contributed by atoms with van der Waals surface area (Å²) in [5.74, 6) is 0.0351. The van der Waals surface area contributed by atoms with Crippen LogP contribution in [0.25, 0.3) is 0 Å². The molecule has 2 unspecified atom stereocenters. The van der Waals surface area contributed by atoms with E-state index in [9.17, 15) is 4.79 Å². The zero-order valence-electron chi connectivity index (χ0n) is 10.9. The maximum Gasteiger partial charge on any atom is 0.176 e. The van der Waals surface area contributed by atoms with E-state index in [1.807, 2.05) is 11.8 Å². The number of carbonyl (C=O) groups is 1. The van der Waals surface area contributed by atoms with Gasteiger partial charge in [-0.25, -0.2) is 0 Å². The number of carbonyl (C=O) groups excluding carboxylic acids is 1. The van der Waals surface area contributed by atoms with E-state index in [4.69, 9.17) is 21.4 Å². The Morgan fingerprint density at radius 3 is 3.05 bits per heavy atom. The average molecular weight is 284 g/mol. The highest BCUT2D eigenvalue weighted by Crippen LogP contribution is 2.15. The van der Waals surface area contributed by atoms with E-state index in [0.29, 0.717) is 30.3 Å². The van der Waals surface area contributed by atoms with Gasteiger partial charge in [0.15, 0.2) is 5.78 Å². The molecule has 1 fully saturated rings. The molecule has 19 heavy (non-hydrogen) atoms. The Balaban J connectivity index is 2.01. The Labute approximate surface area is 117 Å². The topological polar surface area (TPSA) is 49.8 Å². The lowest BCUT2D eigenvalue weighted by Gasteiger charge is -2.36. The Hall–Kier alpha value is -0.940. The summed E-state index contributed by atoms with van der Waals surface area (Å²) in [7, 11) is 0. The molecule has 1 aliphatic heterocycles. The molecule has 104 valence electrons. The molecule has 0 aromatic heterocycles. The van der Waals surface area contributed by atoms with Crippen molar-refractivity contribution in [2.75, 3.05) is 26.3 Å². The normalized spacial score (nSPS) is 24.4. The standard InChI is InChI=1S/C14H18ClNO3/c1-10-9-19-13(8-17)6-16(10)7-14(18)11-3-2-4-12(15)5-11/h2-5,10,13,17H,6-9H2,1H3. The number of rotatable bonds is 4. The molecule has 0 spiro atoms. The maximum atomic E-state index is 12.2. The molecule has 0 radical (unpaired) electrons. The van der Waals surface area contributed by atoms with Crippen LogP contribution in [0.5, 0.6) is 0 Å². The molecule has 0 bridgehead atoms. The lowest BCUT2D eigenvalue weighted by atomic mass is 10.1. The smallest absolute Gasteiger partial charge is 0.176 e. The fraction of sp³-hybridized carbons (Fsp3) is 0.500. The molecule has 0 aliphatic carbocycles. The van der Waals surface area contributed by atoms with E-state index in [2.05, 4.69) is 0 Å². The van der Waals surface area contributed by atoms with Crippen LogP contribution in [0.3, 0.4) is 0 Å². The summed E-state index contributed by atoms with van der Waals surface area (Å²) in [6.07, 6.45) is -0.205. The van der Waals surface area contributed by atoms with Crippen LogP contribution in [0.15, 0.2) is 24.3 Å². The van der Waals surface area contributed by atoms with Crippen molar-refractivity contribution in [1.29, 1.82) is 0 Å². The molecule has 4 nitrogen and oxygen atoms in total. The fourth-order valence-corrected chi connectivity index (χ4v) is 2.33. The molecule has 1 saturated heterocycles. The Bertz CT molecular complexity index is 452. The van der Waals surface area contributed by atoms with Gasteiger partial charge in [-0.2, -0.15) is 0 Å². The lowest BCUT2D eigenvalue weighted by Crippen LogP contribution is -2.51. The van der Waals surface area contributed by atoms with Gasteiger partial charge in [0, 0.05) is 23.2 Å². The van der Waals surface area contributed by atoms with Crippen LogP contribution in [0.2, 0.25) is 5.02 Å². The van der Waals surface area contributed by atoms with Gasteiger partial charge in [0.25, 0.3) is 0 Å². The first-order valence-electron chi connectivity index (χ1n) is 6.35. The lowest BCUT2D eigenvalue weighted by molar-refractivity contribution is -0.0747. The van der Waals surface area contributed by atoms with Crippen LogP contribution in [0.4, 0.5) is 0 Å². The van der Waals surface area contributed by atoms with E-state index in [-0.39, 0.29) is 24.5 Å². The molecule has 0 saturated carbocycles. The largest absolute Gasteiger partial charge is 0.394 e. The highest BCUT2D eigenvalue weighted by Gasteiger charge is 2.27. The maximum absolute atomic E-state index is 12.2. The quantitative estimate of drug-likeness (QED) is 0.853. The molecule has 0 amide bonds. The number of morpholine rings is 1. The molecule has 1 aromatic rings. The van der Waals surface area contributed by atoms with Crippen LogP contribution >= 0.6 is 11.6 Å². The number of benzene rings is 1. The molecular weight excluding hydrogens is 266 g/mol. The Morgan fingerprint density at radius 1 is 1.58 bits per heavy atom. The minimum Gasteiger partial charge on any atom is -0.394 e. The highest BCUT2D eigenvalue weighted by atomic mass is 35.5. The van der Waals surface area contributed by atoms with Crippen molar-refractivity contribution >= 4 is 17.4 Å². The molecule has 2 atom stereocenters.